The minimum absolute atomic E-state index is 0.515. The first-order valence-electron chi connectivity index (χ1n) is 9.47. The fraction of sp³-hybridized carbons (Fsp3) is 0.455. The lowest BCUT2D eigenvalue weighted by Gasteiger charge is -2.47. The highest BCUT2D eigenvalue weighted by atomic mass is 15.3. The highest BCUT2D eigenvalue weighted by Gasteiger charge is 2.36. The molecular weight excluding hydrogens is 292 g/mol. The molecule has 0 bridgehead atoms. The monoisotopic (exact) mass is 320 g/mol. The smallest absolute Gasteiger partial charge is 0.0479 e. The Morgan fingerprint density at radius 1 is 0.875 bits per heavy atom. The summed E-state index contributed by atoms with van der Waals surface area (Å²) >= 11 is 0. The van der Waals surface area contributed by atoms with E-state index >= 15 is 0 Å². The van der Waals surface area contributed by atoms with Crippen molar-refractivity contribution in [1.82, 2.24) is 9.80 Å². The molecule has 0 aromatic heterocycles. The second-order valence-electron chi connectivity index (χ2n) is 7.26. The summed E-state index contributed by atoms with van der Waals surface area (Å²) in [5.41, 5.74) is 4.55. The van der Waals surface area contributed by atoms with Crippen LogP contribution < -0.4 is 0 Å². The molecule has 2 aromatic rings. The van der Waals surface area contributed by atoms with Crippen molar-refractivity contribution >= 4 is 0 Å². The van der Waals surface area contributed by atoms with Gasteiger partial charge in [0.2, 0.25) is 0 Å². The van der Waals surface area contributed by atoms with Gasteiger partial charge in [0.25, 0.3) is 0 Å². The van der Waals surface area contributed by atoms with Crippen LogP contribution in [0.5, 0.6) is 0 Å². The molecule has 24 heavy (non-hydrogen) atoms. The van der Waals surface area contributed by atoms with Crippen molar-refractivity contribution in [3.63, 3.8) is 0 Å². The van der Waals surface area contributed by atoms with Crippen LogP contribution in [0, 0.1) is 0 Å². The summed E-state index contributed by atoms with van der Waals surface area (Å²) in [6.45, 7) is 8.32. The minimum atomic E-state index is 0.515. The van der Waals surface area contributed by atoms with Crippen molar-refractivity contribution in [3.8, 4) is 0 Å². The molecule has 126 valence electrons. The third-order valence-electron chi connectivity index (χ3n) is 5.75. The Labute approximate surface area is 146 Å². The van der Waals surface area contributed by atoms with Gasteiger partial charge >= 0.3 is 0 Å². The number of hydrogen-bond acceptors (Lipinski definition) is 2. The second kappa shape index (κ2) is 7.08. The number of hydrogen-bond donors (Lipinski definition) is 0. The molecule has 4 rings (SSSR count). The van der Waals surface area contributed by atoms with Gasteiger partial charge in [-0.05, 0) is 29.7 Å². The first kappa shape index (κ1) is 15.9. The highest BCUT2D eigenvalue weighted by Crippen LogP contribution is 2.40. The number of fused-ring (bicyclic) bond motifs is 3. The van der Waals surface area contributed by atoms with E-state index in [4.69, 9.17) is 0 Å². The van der Waals surface area contributed by atoms with Gasteiger partial charge in [0.15, 0.2) is 0 Å². The average molecular weight is 320 g/mol. The predicted octanol–water partition coefficient (Wildman–Crippen LogP) is 4.29. The van der Waals surface area contributed by atoms with E-state index in [1.165, 1.54) is 44.6 Å². The van der Waals surface area contributed by atoms with Crippen LogP contribution in [0.1, 0.15) is 48.4 Å². The molecule has 2 atom stereocenters. The van der Waals surface area contributed by atoms with Crippen molar-refractivity contribution < 1.29 is 0 Å². The first-order chi connectivity index (χ1) is 11.9. The van der Waals surface area contributed by atoms with Crippen LogP contribution in [0.2, 0.25) is 0 Å². The van der Waals surface area contributed by atoms with Crippen LogP contribution in [0.15, 0.2) is 54.6 Å². The van der Waals surface area contributed by atoms with Crippen LogP contribution >= 0.6 is 0 Å². The van der Waals surface area contributed by atoms with E-state index in [1.807, 2.05) is 0 Å². The van der Waals surface area contributed by atoms with Gasteiger partial charge in [-0.1, -0.05) is 67.9 Å². The van der Waals surface area contributed by atoms with Crippen molar-refractivity contribution in [2.45, 2.75) is 31.7 Å². The van der Waals surface area contributed by atoms with E-state index in [1.54, 1.807) is 11.1 Å². The van der Waals surface area contributed by atoms with Gasteiger partial charge in [-0.25, -0.2) is 0 Å². The summed E-state index contributed by atoms with van der Waals surface area (Å²) in [7, 11) is 0. The minimum Gasteiger partial charge on any atom is -0.300 e. The summed E-state index contributed by atoms with van der Waals surface area (Å²) in [4.78, 5) is 5.40. The maximum Gasteiger partial charge on any atom is 0.0479 e. The second-order valence-corrected chi connectivity index (χ2v) is 7.26. The van der Waals surface area contributed by atoms with Gasteiger partial charge in [0, 0.05) is 38.1 Å². The average Bonchev–Trinajstić information content (AvgIpc) is 2.66. The van der Waals surface area contributed by atoms with E-state index < -0.39 is 0 Å². The number of unbranched alkanes of at least 4 members (excludes halogenated alkanes) is 1. The number of benzene rings is 2. The molecule has 2 aliphatic rings. The van der Waals surface area contributed by atoms with E-state index in [0.717, 1.165) is 6.54 Å². The third kappa shape index (κ3) is 3.01. The maximum absolute atomic E-state index is 2.72. The molecule has 0 spiro atoms. The molecule has 0 unspecified atom stereocenters. The zero-order valence-electron chi connectivity index (χ0n) is 14.7. The Balaban J connectivity index is 1.64. The lowest BCUT2D eigenvalue weighted by molar-refractivity contribution is 0.0620. The predicted molar refractivity (Wildman–Crippen MR) is 100 cm³/mol. The Morgan fingerprint density at radius 2 is 1.62 bits per heavy atom. The Morgan fingerprint density at radius 3 is 2.42 bits per heavy atom. The standard InChI is InChI=1S/C22H28N2/c1-2-3-13-23-14-15-24-16-21(18-9-5-4-6-10-18)19-11-7-8-12-20(19)22(24)17-23/h4-12,21-22H,2-3,13-17H2,1H3/t21-,22-/m1/s1. The number of piperazine rings is 1. The van der Waals surface area contributed by atoms with Gasteiger partial charge in [-0.15, -0.1) is 0 Å². The molecule has 0 radical (unpaired) electrons. The van der Waals surface area contributed by atoms with Gasteiger partial charge in [0.05, 0.1) is 0 Å². The topological polar surface area (TPSA) is 6.48 Å². The van der Waals surface area contributed by atoms with Crippen molar-refractivity contribution in [2.24, 2.45) is 0 Å². The van der Waals surface area contributed by atoms with Gasteiger partial charge in [-0.3, -0.25) is 4.90 Å². The molecule has 2 heterocycles. The molecule has 2 aliphatic heterocycles. The fourth-order valence-electron chi connectivity index (χ4n) is 4.41. The van der Waals surface area contributed by atoms with Gasteiger partial charge in [0.1, 0.15) is 0 Å². The van der Waals surface area contributed by atoms with E-state index in [-0.39, 0.29) is 0 Å². The van der Waals surface area contributed by atoms with Crippen LogP contribution in [-0.2, 0) is 0 Å². The lowest BCUT2D eigenvalue weighted by atomic mass is 9.80. The lowest BCUT2D eigenvalue weighted by Crippen LogP contribution is -2.51. The normalized spacial score (nSPS) is 24.4. The zero-order chi connectivity index (χ0) is 16.4. The molecule has 2 heteroatoms. The molecule has 2 aromatic carbocycles. The Hall–Kier alpha value is -1.64. The largest absolute Gasteiger partial charge is 0.300 e. The molecule has 2 nitrogen and oxygen atoms in total. The molecule has 1 fully saturated rings. The Bertz CT molecular complexity index is 667. The van der Waals surface area contributed by atoms with E-state index in [0.29, 0.717) is 12.0 Å². The van der Waals surface area contributed by atoms with Gasteiger partial charge < -0.3 is 4.90 Å². The molecule has 1 saturated heterocycles. The molecule has 0 saturated carbocycles. The molecular formula is C22H28N2. The Kier molecular flexibility index (Phi) is 4.68. The van der Waals surface area contributed by atoms with Crippen LogP contribution in [0.3, 0.4) is 0 Å². The quantitative estimate of drug-likeness (QED) is 0.829. The number of nitrogens with zero attached hydrogens (tertiary/aromatic N) is 2. The maximum atomic E-state index is 2.72. The van der Waals surface area contributed by atoms with Crippen molar-refractivity contribution in [1.29, 1.82) is 0 Å². The third-order valence-corrected chi connectivity index (χ3v) is 5.75. The zero-order valence-corrected chi connectivity index (χ0v) is 14.7. The van der Waals surface area contributed by atoms with E-state index in [2.05, 4.69) is 71.3 Å². The summed E-state index contributed by atoms with van der Waals surface area (Å²) in [6, 6.07) is 20.8. The summed E-state index contributed by atoms with van der Waals surface area (Å²) in [5.74, 6) is 0.515. The fourth-order valence-corrected chi connectivity index (χ4v) is 4.41. The van der Waals surface area contributed by atoms with Crippen molar-refractivity contribution in [3.05, 3.63) is 71.3 Å². The van der Waals surface area contributed by atoms with E-state index in [9.17, 15) is 0 Å². The SMILES string of the molecule is CCCCN1CCN2C[C@H](c3ccccc3)c3ccccc3[C@H]2C1. The van der Waals surface area contributed by atoms with Crippen LogP contribution in [0.25, 0.3) is 0 Å². The van der Waals surface area contributed by atoms with Crippen LogP contribution in [0.4, 0.5) is 0 Å². The summed E-state index contributed by atoms with van der Waals surface area (Å²) in [5, 5.41) is 0. The summed E-state index contributed by atoms with van der Waals surface area (Å²) in [6.07, 6.45) is 2.61. The van der Waals surface area contributed by atoms with Gasteiger partial charge in [-0.2, -0.15) is 0 Å². The number of rotatable bonds is 4. The first-order valence-corrected chi connectivity index (χ1v) is 9.47. The summed E-state index contributed by atoms with van der Waals surface area (Å²) < 4.78 is 0. The molecule has 0 amide bonds. The molecule has 0 aliphatic carbocycles. The highest BCUT2D eigenvalue weighted by molar-refractivity contribution is 5.42. The molecule has 0 N–H and O–H groups in total. The van der Waals surface area contributed by atoms with Crippen molar-refractivity contribution in [2.75, 3.05) is 32.7 Å². The van der Waals surface area contributed by atoms with Crippen LogP contribution in [-0.4, -0.2) is 42.5 Å².